The normalized spacial score (nSPS) is 13.9. The molecule has 0 aliphatic rings. The third kappa shape index (κ3) is 21.3. The minimum atomic E-state index is -0.694. The molecule has 0 bridgehead atoms. The van der Waals surface area contributed by atoms with Crippen LogP contribution in [0.25, 0.3) is 0 Å². The van der Waals surface area contributed by atoms with E-state index in [1.54, 1.807) is 0 Å². The van der Waals surface area contributed by atoms with Crippen molar-refractivity contribution in [3.05, 3.63) is 12.2 Å². The maximum Gasteiger partial charge on any atom is 0.303 e. The Balaban J connectivity index is 3.38. The van der Waals surface area contributed by atoms with Crippen LogP contribution in [0.2, 0.25) is 0 Å². The van der Waals surface area contributed by atoms with E-state index in [4.69, 9.17) is 5.11 Å². The van der Waals surface area contributed by atoms with E-state index >= 15 is 0 Å². The van der Waals surface area contributed by atoms with E-state index in [1.807, 2.05) is 0 Å². The van der Waals surface area contributed by atoms with Gasteiger partial charge in [0.15, 0.2) is 0 Å². The van der Waals surface area contributed by atoms with Gasteiger partial charge in [0, 0.05) is 6.42 Å². The average molecular weight is 385 g/mol. The summed E-state index contributed by atoms with van der Waals surface area (Å²) in [6.45, 7) is 2.20. The number of aliphatic carboxylic acids is 1. The first kappa shape index (κ1) is 26.1. The maximum absolute atomic E-state index is 10.4. The van der Waals surface area contributed by atoms with Crippen molar-refractivity contribution < 1.29 is 20.1 Å². The third-order valence-electron chi connectivity index (χ3n) is 5.06. The lowest BCUT2D eigenvalue weighted by molar-refractivity contribution is -0.137. The summed E-state index contributed by atoms with van der Waals surface area (Å²) in [5.74, 6) is -0.694. The van der Waals surface area contributed by atoms with Gasteiger partial charge in [-0.3, -0.25) is 4.79 Å². The fourth-order valence-electron chi connectivity index (χ4n) is 3.25. The Bertz CT molecular complexity index is 354. The minimum Gasteiger partial charge on any atom is -0.481 e. The van der Waals surface area contributed by atoms with Gasteiger partial charge in [-0.25, -0.2) is 0 Å². The van der Waals surface area contributed by atoms with E-state index in [0.717, 1.165) is 44.9 Å². The number of rotatable bonds is 20. The van der Waals surface area contributed by atoms with Crippen LogP contribution in [0.3, 0.4) is 0 Å². The molecule has 3 N–H and O–H groups in total. The van der Waals surface area contributed by atoms with Crippen LogP contribution in [-0.2, 0) is 4.79 Å². The van der Waals surface area contributed by atoms with Crippen molar-refractivity contribution in [2.45, 2.75) is 128 Å². The monoisotopic (exact) mass is 384 g/mol. The first-order valence-corrected chi connectivity index (χ1v) is 11.3. The van der Waals surface area contributed by atoms with E-state index in [9.17, 15) is 15.0 Å². The highest BCUT2D eigenvalue weighted by Crippen LogP contribution is 2.14. The average Bonchev–Trinajstić information content (AvgIpc) is 2.64. The number of hydrogen-bond donors (Lipinski definition) is 3. The van der Waals surface area contributed by atoms with Crippen LogP contribution < -0.4 is 0 Å². The van der Waals surface area contributed by atoms with E-state index in [-0.39, 0.29) is 12.2 Å². The van der Waals surface area contributed by atoms with Crippen molar-refractivity contribution >= 4 is 5.97 Å². The second kappa shape index (κ2) is 19.9. The van der Waals surface area contributed by atoms with E-state index in [2.05, 4.69) is 19.1 Å². The zero-order chi connectivity index (χ0) is 20.2. The van der Waals surface area contributed by atoms with Crippen molar-refractivity contribution in [1.82, 2.24) is 0 Å². The SMILES string of the molecule is CCCCCC=CCC(O)CCC(O)CCCCCCCCCCC(=O)O. The summed E-state index contributed by atoms with van der Waals surface area (Å²) >= 11 is 0. The van der Waals surface area contributed by atoms with Gasteiger partial charge >= 0.3 is 5.97 Å². The number of carboxylic acid groups (broad SMARTS) is 1. The van der Waals surface area contributed by atoms with Gasteiger partial charge in [-0.15, -0.1) is 0 Å². The molecule has 0 saturated heterocycles. The van der Waals surface area contributed by atoms with E-state index in [1.165, 1.54) is 38.5 Å². The molecule has 0 heterocycles. The summed E-state index contributed by atoms with van der Waals surface area (Å²) in [4.78, 5) is 10.4. The largest absolute Gasteiger partial charge is 0.481 e. The molecule has 2 unspecified atom stereocenters. The van der Waals surface area contributed by atoms with Crippen molar-refractivity contribution in [3.63, 3.8) is 0 Å². The van der Waals surface area contributed by atoms with Gasteiger partial charge in [0.25, 0.3) is 0 Å². The smallest absolute Gasteiger partial charge is 0.303 e. The Kier molecular flexibility index (Phi) is 19.2. The van der Waals surface area contributed by atoms with Crippen LogP contribution >= 0.6 is 0 Å². The molecule has 0 rings (SSSR count). The fourth-order valence-corrected chi connectivity index (χ4v) is 3.25. The van der Waals surface area contributed by atoms with Crippen molar-refractivity contribution in [2.75, 3.05) is 0 Å². The van der Waals surface area contributed by atoms with Gasteiger partial charge in [-0.1, -0.05) is 76.9 Å². The molecule has 0 aromatic carbocycles. The Morgan fingerprint density at radius 3 is 1.96 bits per heavy atom. The highest BCUT2D eigenvalue weighted by Gasteiger charge is 2.08. The topological polar surface area (TPSA) is 77.8 Å². The minimum absolute atomic E-state index is 0.288. The molecule has 0 aliphatic heterocycles. The molecular weight excluding hydrogens is 340 g/mol. The number of carbonyl (C=O) groups is 1. The number of unbranched alkanes of at least 4 members (excludes halogenated alkanes) is 10. The molecule has 4 nitrogen and oxygen atoms in total. The molecule has 0 aromatic heterocycles. The van der Waals surface area contributed by atoms with Gasteiger partial charge in [0.05, 0.1) is 12.2 Å². The van der Waals surface area contributed by atoms with Gasteiger partial charge in [-0.05, 0) is 44.9 Å². The van der Waals surface area contributed by atoms with Crippen LogP contribution in [0, 0.1) is 0 Å². The zero-order valence-corrected chi connectivity index (χ0v) is 17.6. The summed E-state index contributed by atoms with van der Waals surface area (Å²) in [7, 11) is 0. The lowest BCUT2D eigenvalue weighted by Crippen LogP contribution is -2.12. The Morgan fingerprint density at radius 2 is 1.33 bits per heavy atom. The van der Waals surface area contributed by atoms with Crippen molar-refractivity contribution in [2.24, 2.45) is 0 Å². The van der Waals surface area contributed by atoms with Crippen LogP contribution in [-0.4, -0.2) is 33.5 Å². The molecule has 2 atom stereocenters. The van der Waals surface area contributed by atoms with Gasteiger partial charge in [0.2, 0.25) is 0 Å². The molecule has 4 heteroatoms. The lowest BCUT2D eigenvalue weighted by atomic mass is 10.0. The molecule has 0 radical (unpaired) electrons. The number of carboxylic acids is 1. The zero-order valence-electron chi connectivity index (χ0n) is 17.6. The summed E-state index contributed by atoms with van der Waals surface area (Å²) < 4.78 is 0. The maximum atomic E-state index is 10.4. The van der Waals surface area contributed by atoms with Gasteiger partial charge in [-0.2, -0.15) is 0 Å². The van der Waals surface area contributed by atoms with Crippen LogP contribution in [0.15, 0.2) is 12.2 Å². The number of hydrogen-bond acceptors (Lipinski definition) is 3. The first-order valence-electron chi connectivity index (χ1n) is 11.3. The lowest BCUT2D eigenvalue weighted by Gasteiger charge is -2.13. The first-order chi connectivity index (χ1) is 13.1. The second-order valence-corrected chi connectivity index (χ2v) is 7.85. The molecule has 0 spiro atoms. The van der Waals surface area contributed by atoms with Crippen molar-refractivity contribution in [3.8, 4) is 0 Å². The third-order valence-corrected chi connectivity index (χ3v) is 5.06. The molecule has 0 fully saturated rings. The van der Waals surface area contributed by atoms with Crippen LogP contribution in [0.1, 0.15) is 116 Å². The fraction of sp³-hybridized carbons (Fsp3) is 0.870. The molecule has 160 valence electrons. The quantitative estimate of drug-likeness (QED) is 0.178. The standard InChI is InChI=1S/C23H44O4/c1-2-3-4-5-10-13-16-21(24)19-20-22(25)17-14-11-8-6-7-9-12-15-18-23(26)27/h10,13,21-22,24-25H,2-9,11-12,14-20H2,1H3,(H,26,27). The summed E-state index contributed by atoms with van der Waals surface area (Å²) in [6.07, 6.45) is 20.4. The van der Waals surface area contributed by atoms with Gasteiger partial charge < -0.3 is 15.3 Å². The molecule has 0 saturated carbocycles. The molecular formula is C23H44O4. The van der Waals surface area contributed by atoms with Gasteiger partial charge in [0.1, 0.15) is 0 Å². The van der Waals surface area contributed by atoms with E-state index in [0.29, 0.717) is 25.7 Å². The predicted molar refractivity (Wildman–Crippen MR) is 113 cm³/mol. The number of allylic oxidation sites excluding steroid dienone is 1. The molecule has 27 heavy (non-hydrogen) atoms. The van der Waals surface area contributed by atoms with Crippen LogP contribution in [0.4, 0.5) is 0 Å². The Morgan fingerprint density at radius 1 is 0.741 bits per heavy atom. The highest BCUT2D eigenvalue weighted by atomic mass is 16.4. The molecule has 0 aliphatic carbocycles. The number of aliphatic hydroxyl groups is 2. The van der Waals surface area contributed by atoms with E-state index < -0.39 is 5.97 Å². The van der Waals surface area contributed by atoms with Crippen molar-refractivity contribution in [1.29, 1.82) is 0 Å². The Hall–Kier alpha value is -0.870. The molecule has 0 amide bonds. The molecule has 0 aromatic rings. The summed E-state index contributed by atoms with van der Waals surface area (Å²) in [5.41, 5.74) is 0. The summed E-state index contributed by atoms with van der Waals surface area (Å²) in [6, 6.07) is 0. The predicted octanol–water partition coefficient (Wildman–Crippen LogP) is 6.00. The number of aliphatic hydroxyl groups excluding tert-OH is 2. The summed E-state index contributed by atoms with van der Waals surface area (Å²) in [5, 5.41) is 28.6. The highest BCUT2D eigenvalue weighted by molar-refractivity contribution is 5.66. The second-order valence-electron chi connectivity index (χ2n) is 7.85. The van der Waals surface area contributed by atoms with Crippen LogP contribution in [0.5, 0.6) is 0 Å². The Labute approximate surface area is 167 Å².